The van der Waals surface area contributed by atoms with Gasteiger partial charge in [0.15, 0.2) is 0 Å². The molecule has 0 aromatic heterocycles. The average molecular weight is 322 g/mol. The van der Waals surface area contributed by atoms with Crippen LogP contribution in [-0.4, -0.2) is 4.92 Å². The van der Waals surface area contributed by atoms with E-state index in [9.17, 15) is 10.1 Å². The molecule has 0 heterocycles. The third kappa shape index (κ3) is 2.85. The molecule has 0 aliphatic heterocycles. The molecule has 0 bridgehead atoms. The Kier molecular flexibility index (Phi) is 3.71. The van der Waals surface area contributed by atoms with Crippen molar-refractivity contribution in [3.63, 3.8) is 0 Å². The van der Waals surface area contributed by atoms with E-state index in [4.69, 9.17) is 5.73 Å². The van der Waals surface area contributed by atoms with Crippen LogP contribution in [0.1, 0.15) is 5.56 Å². The van der Waals surface area contributed by atoms with E-state index in [-0.39, 0.29) is 5.69 Å². The van der Waals surface area contributed by atoms with Gasteiger partial charge in [-0.2, -0.15) is 0 Å². The number of anilines is 3. The first kappa shape index (κ1) is 13.4. The molecular weight excluding hydrogens is 310 g/mol. The predicted molar refractivity (Wildman–Crippen MR) is 79.7 cm³/mol. The number of nitrogens with two attached hydrogens (primary N) is 1. The lowest BCUT2D eigenvalue weighted by Gasteiger charge is -2.12. The van der Waals surface area contributed by atoms with Gasteiger partial charge in [0, 0.05) is 16.6 Å². The molecule has 2 aromatic rings. The highest BCUT2D eigenvalue weighted by atomic mass is 79.9. The van der Waals surface area contributed by atoms with Gasteiger partial charge in [0.25, 0.3) is 5.69 Å². The number of aryl methyl sites for hydroxylation is 1. The Morgan fingerprint density at radius 1 is 1.26 bits per heavy atom. The fraction of sp³-hybridized carbons (Fsp3) is 0.0769. The predicted octanol–water partition coefficient (Wildman–Crippen LogP) is 3.99. The van der Waals surface area contributed by atoms with Crippen LogP contribution in [0.2, 0.25) is 0 Å². The van der Waals surface area contributed by atoms with Crippen LogP contribution in [0, 0.1) is 17.0 Å². The van der Waals surface area contributed by atoms with Gasteiger partial charge in [-0.1, -0.05) is 12.1 Å². The molecule has 0 saturated carbocycles. The normalized spacial score (nSPS) is 10.2. The van der Waals surface area contributed by atoms with Crippen molar-refractivity contribution in [1.82, 2.24) is 0 Å². The molecule has 0 amide bonds. The summed E-state index contributed by atoms with van der Waals surface area (Å²) < 4.78 is 0.938. The van der Waals surface area contributed by atoms with Crippen LogP contribution in [0.25, 0.3) is 0 Å². The zero-order valence-corrected chi connectivity index (χ0v) is 11.8. The van der Waals surface area contributed by atoms with Gasteiger partial charge in [-0.15, -0.1) is 0 Å². The van der Waals surface area contributed by atoms with Crippen LogP contribution in [-0.2, 0) is 0 Å². The molecule has 98 valence electrons. The van der Waals surface area contributed by atoms with Crippen LogP contribution in [0.15, 0.2) is 40.9 Å². The molecule has 3 N–H and O–H groups in total. The van der Waals surface area contributed by atoms with Gasteiger partial charge in [-0.05, 0) is 40.5 Å². The molecule has 2 aromatic carbocycles. The number of benzene rings is 2. The van der Waals surface area contributed by atoms with Gasteiger partial charge in [0.05, 0.1) is 22.0 Å². The van der Waals surface area contributed by atoms with E-state index in [0.717, 1.165) is 15.7 Å². The maximum atomic E-state index is 10.6. The van der Waals surface area contributed by atoms with Gasteiger partial charge < -0.3 is 11.1 Å². The van der Waals surface area contributed by atoms with Crippen molar-refractivity contribution in [3.8, 4) is 0 Å². The molecule has 0 aliphatic rings. The minimum Gasteiger partial charge on any atom is -0.397 e. The van der Waals surface area contributed by atoms with Crippen LogP contribution in [0.3, 0.4) is 0 Å². The Morgan fingerprint density at radius 2 is 2.00 bits per heavy atom. The van der Waals surface area contributed by atoms with Crippen molar-refractivity contribution in [1.29, 1.82) is 0 Å². The molecule has 19 heavy (non-hydrogen) atoms. The molecule has 0 saturated heterocycles. The number of hydrogen-bond acceptors (Lipinski definition) is 4. The van der Waals surface area contributed by atoms with Gasteiger partial charge in [-0.25, -0.2) is 0 Å². The van der Waals surface area contributed by atoms with E-state index in [0.29, 0.717) is 11.4 Å². The summed E-state index contributed by atoms with van der Waals surface area (Å²) in [5, 5.41) is 13.8. The summed E-state index contributed by atoms with van der Waals surface area (Å²) >= 11 is 3.49. The number of hydrogen-bond donors (Lipinski definition) is 2. The molecule has 0 fully saturated rings. The number of nitrogen functional groups attached to an aromatic ring is 1. The van der Waals surface area contributed by atoms with Crippen molar-refractivity contribution in [2.24, 2.45) is 0 Å². The fourth-order valence-electron chi connectivity index (χ4n) is 1.67. The SMILES string of the molecule is Cc1cccc(Nc2ccc([N+](=O)[O-])cc2N)c1Br. The van der Waals surface area contributed by atoms with E-state index < -0.39 is 4.92 Å². The smallest absolute Gasteiger partial charge is 0.271 e. The highest BCUT2D eigenvalue weighted by Crippen LogP contribution is 2.32. The molecule has 2 rings (SSSR count). The molecule has 0 spiro atoms. The van der Waals surface area contributed by atoms with E-state index in [1.165, 1.54) is 12.1 Å². The molecule has 0 unspecified atom stereocenters. The van der Waals surface area contributed by atoms with Crippen LogP contribution >= 0.6 is 15.9 Å². The lowest BCUT2D eigenvalue weighted by molar-refractivity contribution is -0.384. The molecule has 6 heteroatoms. The molecule has 0 aliphatic carbocycles. The lowest BCUT2D eigenvalue weighted by atomic mass is 10.2. The Balaban J connectivity index is 2.34. The number of nitrogens with zero attached hydrogens (tertiary/aromatic N) is 1. The van der Waals surface area contributed by atoms with Gasteiger partial charge in [-0.3, -0.25) is 10.1 Å². The Hall–Kier alpha value is -2.08. The van der Waals surface area contributed by atoms with Crippen molar-refractivity contribution >= 4 is 38.7 Å². The zero-order chi connectivity index (χ0) is 14.0. The van der Waals surface area contributed by atoms with Crippen LogP contribution in [0.5, 0.6) is 0 Å². The van der Waals surface area contributed by atoms with Gasteiger partial charge in [0.2, 0.25) is 0 Å². The minimum atomic E-state index is -0.470. The number of rotatable bonds is 3. The fourth-order valence-corrected chi connectivity index (χ4v) is 2.03. The maximum Gasteiger partial charge on any atom is 0.271 e. The average Bonchev–Trinajstić information content (AvgIpc) is 2.37. The van der Waals surface area contributed by atoms with Crippen LogP contribution < -0.4 is 11.1 Å². The van der Waals surface area contributed by atoms with Crippen molar-refractivity contribution in [2.45, 2.75) is 6.92 Å². The number of nitrogens with one attached hydrogen (secondary N) is 1. The summed E-state index contributed by atoms with van der Waals surface area (Å²) in [5.41, 5.74) is 8.71. The van der Waals surface area contributed by atoms with Crippen molar-refractivity contribution in [3.05, 3.63) is 56.5 Å². The topological polar surface area (TPSA) is 81.2 Å². The second-order valence-corrected chi connectivity index (χ2v) is 4.88. The van der Waals surface area contributed by atoms with E-state index in [1.54, 1.807) is 6.07 Å². The number of nitro groups is 1. The number of non-ortho nitro benzene ring substituents is 1. The Morgan fingerprint density at radius 3 is 2.63 bits per heavy atom. The largest absolute Gasteiger partial charge is 0.397 e. The third-order valence-corrected chi connectivity index (χ3v) is 3.76. The first-order chi connectivity index (χ1) is 8.99. The summed E-state index contributed by atoms with van der Waals surface area (Å²) in [6, 6.07) is 10.2. The summed E-state index contributed by atoms with van der Waals surface area (Å²) in [4.78, 5) is 10.2. The van der Waals surface area contributed by atoms with E-state index >= 15 is 0 Å². The first-order valence-corrected chi connectivity index (χ1v) is 6.34. The van der Waals surface area contributed by atoms with E-state index in [1.807, 2.05) is 25.1 Å². The van der Waals surface area contributed by atoms with E-state index in [2.05, 4.69) is 21.2 Å². The van der Waals surface area contributed by atoms with Gasteiger partial charge in [0.1, 0.15) is 0 Å². The monoisotopic (exact) mass is 321 g/mol. The van der Waals surface area contributed by atoms with Crippen LogP contribution in [0.4, 0.5) is 22.7 Å². The quantitative estimate of drug-likeness (QED) is 0.508. The minimum absolute atomic E-state index is 0.0219. The third-order valence-electron chi connectivity index (χ3n) is 2.71. The summed E-state index contributed by atoms with van der Waals surface area (Å²) in [7, 11) is 0. The zero-order valence-electron chi connectivity index (χ0n) is 10.2. The highest BCUT2D eigenvalue weighted by Gasteiger charge is 2.10. The highest BCUT2D eigenvalue weighted by molar-refractivity contribution is 9.10. The summed E-state index contributed by atoms with van der Waals surface area (Å²) in [6.45, 7) is 1.98. The lowest BCUT2D eigenvalue weighted by Crippen LogP contribution is -1.99. The number of nitro benzene ring substituents is 1. The van der Waals surface area contributed by atoms with Crippen molar-refractivity contribution in [2.75, 3.05) is 11.1 Å². The second-order valence-electron chi connectivity index (χ2n) is 4.09. The second kappa shape index (κ2) is 5.27. The molecule has 0 atom stereocenters. The van der Waals surface area contributed by atoms with Crippen molar-refractivity contribution < 1.29 is 4.92 Å². The standard InChI is InChI=1S/C13H12BrN3O2/c1-8-3-2-4-12(13(8)14)16-11-6-5-9(17(18)19)7-10(11)15/h2-7,16H,15H2,1H3. The molecule has 0 radical (unpaired) electrons. The Labute approximate surface area is 118 Å². The first-order valence-electron chi connectivity index (χ1n) is 5.55. The Bertz CT molecular complexity index is 644. The summed E-state index contributed by atoms with van der Waals surface area (Å²) in [5.74, 6) is 0. The summed E-state index contributed by atoms with van der Waals surface area (Å²) in [6.07, 6.45) is 0. The molecule has 5 nitrogen and oxygen atoms in total. The molecular formula is C13H12BrN3O2. The van der Waals surface area contributed by atoms with Gasteiger partial charge >= 0.3 is 0 Å². The number of halogens is 1. The maximum absolute atomic E-state index is 10.6.